The smallest absolute Gasteiger partial charge is 0.329 e. The zero-order valence-corrected chi connectivity index (χ0v) is 10.8. The summed E-state index contributed by atoms with van der Waals surface area (Å²) in [5.41, 5.74) is 1.71. The Morgan fingerprint density at radius 3 is 2.00 bits per heavy atom. The number of hydrogen-bond acceptors (Lipinski definition) is 2. The first-order valence-corrected chi connectivity index (χ1v) is 6.24. The van der Waals surface area contributed by atoms with Crippen LogP contribution in [0, 0.1) is 0 Å². The molecule has 0 radical (unpaired) electrons. The molecule has 0 bridgehead atoms. The van der Waals surface area contributed by atoms with Gasteiger partial charge in [0.25, 0.3) is 0 Å². The van der Waals surface area contributed by atoms with Gasteiger partial charge < -0.3 is 5.11 Å². The minimum Gasteiger partial charge on any atom is -0.478 e. The molecule has 0 saturated carbocycles. The number of allylic oxidation sites excluding steroid dienone is 1. The highest BCUT2D eigenvalue weighted by atomic mass is 16.4. The molecule has 2 aromatic rings. The lowest BCUT2D eigenvalue weighted by Crippen LogP contribution is -2.08. The molecule has 0 amide bonds. The highest BCUT2D eigenvalue weighted by Crippen LogP contribution is 2.17. The second kappa shape index (κ2) is 6.48. The normalized spacial score (nSPS) is 11.1. The van der Waals surface area contributed by atoms with E-state index in [2.05, 4.69) is 0 Å². The van der Waals surface area contributed by atoms with Crippen molar-refractivity contribution < 1.29 is 14.7 Å². The molecule has 0 aliphatic carbocycles. The third kappa shape index (κ3) is 3.65. The molecule has 0 unspecified atom stereocenters. The molecule has 0 aliphatic heterocycles. The fourth-order valence-electron chi connectivity index (χ4n) is 1.94. The number of carbonyl (C=O) groups excluding carboxylic acids is 1. The number of aliphatic carboxylic acids is 1. The van der Waals surface area contributed by atoms with Gasteiger partial charge in [0.1, 0.15) is 0 Å². The molecule has 0 aromatic heterocycles. The zero-order valence-electron chi connectivity index (χ0n) is 10.8. The predicted molar refractivity (Wildman–Crippen MR) is 77.2 cm³/mol. The van der Waals surface area contributed by atoms with Gasteiger partial charge in [-0.15, -0.1) is 0 Å². The highest BCUT2D eigenvalue weighted by molar-refractivity contribution is 6.24. The molecule has 0 aliphatic rings. The maximum absolute atomic E-state index is 12.3. The van der Waals surface area contributed by atoms with Crippen LogP contribution in [0.15, 0.2) is 66.7 Å². The van der Waals surface area contributed by atoms with E-state index in [9.17, 15) is 9.59 Å². The van der Waals surface area contributed by atoms with Crippen LogP contribution in [0.4, 0.5) is 0 Å². The van der Waals surface area contributed by atoms with Crippen molar-refractivity contribution in [3.05, 3.63) is 77.9 Å². The minimum absolute atomic E-state index is 0.189. The van der Waals surface area contributed by atoms with Crippen LogP contribution < -0.4 is 0 Å². The van der Waals surface area contributed by atoms with Gasteiger partial charge in [0.05, 0.1) is 0 Å². The molecule has 3 nitrogen and oxygen atoms in total. The molecule has 0 fully saturated rings. The van der Waals surface area contributed by atoms with Crippen molar-refractivity contribution in [3.8, 4) is 0 Å². The van der Waals surface area contributed by atoms with Gasteiger partial charge in [-0.2, -0.15) is 0 Å². The van der Waals surface area contributed by atoms with E-state index in [1.165, 1.54) is 0 Å². The van der Waals surface area contributed by atoms with Gasteiger partial charge in [-0.05, 0) is 11.1 Å². The van der Waals surface area contributed by atoms with Crippen LogP contribution in [0.5, 0.6) is 0 Å². The Morgan fingerprint density at radius 1 is 0.900 bits per heavy atom. The Morgan fingerprint density at radius 2 is 1.45 bits per heavy atom. The summed E-state index contributed by atoms with van der Waals surface area (Å²) in [6.45, 7) is 0. The SMILES string of the molecule is O=C(O)/C=C(\C(=O)Cc1ccccc1)c1ccccc1. The van der Waals surface area contributed by atoms with Crippen LogP contribution in [0.3, 0.4) is 0 Å². The van der Waals surface area contributed by atoms with E-state index < -0.39 is 5.97 Å². The van der Waals surface area contributed by atoms with E-state index in [0.717, 1.165) is 11.6 Å². The number of carboxylic acid groups (broad SMARTS) is 1. The fourth-order valence-corrected chi connectivity index (χ4v) is 1.94. The van der Waals surface area contributed by atoms with Crippen LogP contribution in [0.1, 0.15) is 11.1 Å². The van der Waals surface area contributed by atoms with Gasteiger partial charge in [0.2, 0.25) is 0 Å². The molecular formula is C17H14O3. The van der Waals surface area contributed by atoms with Gasteiger partial charge >= 0.3 is 5.97 Å². The van der Waals surface area contributed by atoms with Crippen LogP contribution in [0.25, 0.3) is 5.57 Å². The van der Waals surface area contributed by atoms with Crippen molar-refractivity contribution in [3.63, 3.8) is 0 Å². The largest absolute Gasteiger partial charge is 0.478 e. The summed E-state index contributed by atoms with van der Waals surface area (Å²) in [6, 6.07) is 18.1. The Kier molecular flexibility index (Phi) is 4.45. The van der Waals surface area contributed by atoms with Gasteiger partial charge in [0.15, 0.2) is 5.78 Å². The van der Waals surface area contributed by atoms with Crippen LogP contribution in [0.2, 0.25) is 0 Å². The summed E-state index contributed by atoms with van der Waals surface area (Å²) in [6.07, 6.45) is 1.16. The first kappa shape index (κ1) is 13.7. The van der Waals surface area contributed by atoms with Crippen molar-refractivity contribution in [2.45, 2.75) is 6.42 Å². The Hall–Kier alpha value is -2.68. The first-order chi connectivity index (χ1) is 9.66. The Labute approximate surface area is 117 Å². The van der Waals surface area contributed by atoms with Crippen molar-refractivity contribution >= 4 is 17.3 Å². The van der Waals surface area contributed by atoms with Gasteiger partial charge in [-0.25, -0.2) is 4.79 Å². The lowest BCUT2D eigenvalue weighted by Gasteiger charge is -2.06. The number of rotatable bonds is 5. The quantitative estimate of drug-likeness (QED) is 0.846. The molecule has 0 atom stereocenters. The lowest BCUT2D eigenvalue weighted by molar-refractivity contribution is -0.131. The number of carboxylic acids is 1. The molecular weight excluding hydrogens is 252 g/mol. The minimum atomic E-state index is -1.12. The number of Topliss-reactive ketones (excluding diaryl/α,β-unsaturated/α-hetero) is 1. The van der Waals surface area contributed by atoms with Crippen LogP contribution >= 0.6 is 0 Å². The monoisotopic (exact) mass is 266 g/mol. The first-order valence-electron chi connectivity index (χ1n) is 6.24. The van der Waals surface area contributed by atoms with Crippen molar-refractivity contribution in [2.75, 3.05) is 0 Å². The fraction of sp³-hybridized carbons (Fsp3) is 0.0588. The van der Waals surface area contributed by atoms with Crippen LogP contribution in [-0.2, 0) is 16.0 Å². The molecule has 0 saturated heterocycles. The second-order valence-electron chi connectivity index (χ2n) is 4.35. The average Bonchev–Trinajstić information content (AvgIpc) is 2.46. The maximum Gasteiger partial charge on any atom is 0.329 e. The Balaban J connectivity index is 2.29. The standard InChI is InChI=1S/C17H14O3/c18-16(11-13-7-3-1-4-8-13)15(12-17(19)20)14-9-5-2-6-10-14/h1-10,12H,11H2,(H,19,20)/b15-12-. The maximum atomic E-state index is 12.3. The molecule has 1 N–H and O–H groups in total. The summed E-state index contributed by atoms with van der Waals surface area (Å²) < 4.78 is 0. The number of carbonyl (C=O) groups is 2. The van der Waals surface area contributed by atoms with Crippen LogP contribution in [-0.4, -0.2) is 16.9 Å². The molecule has 100 valence electrons. The van der Waals surface area contributed by atoms with Gasteiger partial charge in [-0.3, -0.25) is 4.79 Å². The van der Waals surface area contributed by atoms with Crippen molar-refractivity contribution in [1.82, 2.24) is 0 Å². The summed E-state index contributed by atoms with van der Waals surface area (Å²) in [5.74, 6) is -1.32. The van der Waals surface area contributed by atoms with Crippen molar-refractivity contribution in [2.24, 2.45) is 0 Å². The molecule has 3 heteroatoms. The van der Waals surface area contributed by atoms with E-state index >= 15 is 0 Å². The molecule has 20 heavy (non-hydrogen) atoms. The molecule has 2 rings (SSSR count). The molecule has 0 heterocycles. The number of hydrogen-bond donors (Lipinski definition) is 1. The zero-order chi connectivity index (χ0) is 14.4. The summed E-state index contributed by atoms with van der Waals surface area (Å²) in [5, 5.41) is 8.93. The third-order valence-corrected chi connectivity index (χ3v) is 2.86. The average molecular weight is 266 g/mol. The third-order valence-electron chi connectivity index (χ3n) is 2.86. The summed E-state index contributed by atoms with van der Waals surface area (Å²) >= 11 is 0. The lowest BCUT2D eigenvalue weighted by atomic mass is 9.96. The van der Waals surface area contributed by atoms with E-state index in [1.54, 1.807) is 24.3 Å². The number of benzene rings is 2. The van der Waals surface area contributed by atoms with E-state index in [-0.39, 0.29) is 17.8 Å². The molecule has 0 spiro atoms. The van der Waals surface area contributed by atoms with E-state index in [1.807, 2.05) is 36.4 Å². The topological polar surface area (TPSA) is 54.4 Å². The number of ketones is 1. The van der Waals surface area contributed by atoms with Gasteiger partial charge in [0, 0.05) is 18.1 Å². The van der Waals surface area contributed by atoms with Crippen molar-refractivity contribution in [1.29, 1.82) is 0 Å². The summed E-state index contributed by atoms with van der Waals surface area (Å²) in [7, 11) is 0. The molecule has 2 aromatic carbocycles. The highest BCUT2D eigenvalue weighted by Gasteiger charge is 2.14. The van der Waals surface area contributed by atoms with Gasteiger partial charge in [-0.1, -0.05) is 60.7 Å². The predicted octanol–water partition coefficient (Wildman–Crippen LogP) is 2.97. The van der Waals surface area contributed by atoms with E-state index in [4.69, 9.17) is 5.11 Å². The Bertz CT molecular complexity index is 628. The summed E-state index contributed by atoms with van der Waals surface area (Å²) in [4.78, 5) is 23.2. The van der Waals surface area contributed by atoms with E-state index in [0.29, 0.717) is 5.56 Å². The second-order valence-corrected chi connectivity index (χ2v) is 4.35.